The number of rotatable bonds is 7. The Bertz CT molecular complexity index is 574. The Kier molecular flexibility index (Phi) is 6.13. The highest BCUT2D eigenvalue weighted by Crippen LogP contribution is 2.32. The minimum atomic E-state index is 0.207. The summed E-state index contributed by atoms with van der Waals surface area (Å²) in [5, 5.41) is 6.81. The van der Waals surface area contributed by atoms with Crippen LogP contribution in [0, 0.1) is 5.92 Å². The van der Waals surface area contributed by atoms with Crippen LogP contribution in [-0.4, -0.2) is 36.0 Å². The van der Waals surface area contributed by atoms with Crippen molar-refractivity contribution in [3.63, 3.8) is 0 Å². The molecule has 2 aliphatic rings. The van der Waals surface area contributed by atoms with Gasteiger partial charge in [-0.1, -0.05) is 24.3 Å². The minimum Gasteiger partial charge on any atom is -0.352 e. The molecular formula is C21H33N3O. The molecule has 2 atom stereocenters. The maximum absolute atomic E-state index is 12.4. The fourth-order valence-corrected chi connectivity index (χ4v) is 4.21. The van der Waals surface area contributed by atoms with Gasteiger partial charge in [-0.15, -0.1) is 0 Å². The number of benzene rings is 1. The number of fused-ring (bicyclic) bond motifs is 2. The van der Waals surface area contributed by atoms with Crippen molar-refractivity contribution in [1.29, 1.82) is 0 Å². The van der Waals surface area contributed by atoms with Crippen LogP contribution < -0.4 is 10.6 Å². The van der Waals surface area contributed by atoms with Crippen molar-refractivity contribution in [1.82, 2.24) is 15.5 Å². The smallest absolute Gasteiger partial charge is 0.220 e. The fourth-order valence-electron chi connectivity index (χ4n) is 4.21. The quantitative estimate of drug-likeness (QED) is 0.800. The first-order valence-corrected chi connectivity index (χ1v) is 9.81. The van der Waals surface area contributed by atoms with Crippen molar-refractivity contribution in [3.05, 3.63) is 35.4 Å². The van der Waals surface area contributed by atoms with Gasteiger partial charge in [-0.2, -0.15) is 0 Å². The van der Waals surface area contributed by atoms with E-state index in [1.165, 1.54) is 36.8 Å². The van der Waals surface area contributed by atoms with E-state index in [4.69, 9.17) is 0 Å². The van der Waals surface area contributed by atoms with Crippen LogP contribution in [0.4, 0.5) is 0 Å². The molecule has 2 N–H and O–H groups in total. The van der Waals surface area contributed by atoms with Gasteiger partial charge >= 0.3 is 0 Å². The van der Waals surface area contributed by atoms with E-state index in [0.29, 0.717) is 37.0 Å². The van der Waals surface area contributed by atoms with Crippen LogP contribution in [0.2, 0.25) is 0 Å². The molecule has 0 saturated carbocycles. The van der Waals surface area contributed by atoms with Crippen LogP contribution in [0.15, 0.2) is 24.3 Å². The average Bonchev–Trinajstić information content (AvgIpc) is 2.92. The Morgan fingerprint density at radius 1 is 1.20 bits per heavy atom. The molecule has 1 aromatic rings. The molecule has 4 nitrogen and oxygen atoms in total. The van der Waals surface area contributed by atoms with E-state index in [-0.39, 0.29) is 5.91 Å². The molecule has 2 saturated heterocycles. The third kappa shape index (κ3) is 5.05. The summed E-state index contributed by atoms with van der Waals surface area (Å²) >= 11 is 0. The van der Waals surface area contributed by atoms with Gasteiger partial charge in [0.05, 0.1) is 0 Å². The molecule has 2 heterocycles. The minimum absolute atomic E-state index is 0.207. The summed E-state index contributed by atoms with van der Waals surface area (Å²) in [4.78, 5) is 14.7. The van der Waals surface area contributed by atoms with Gasteiger partial charge in [-0.25, -0.2) is 0 Å². The Morgan fingerprint density at radius 2 is 1.84 bits per heavy atom. The molecule has 2 unspecified atom stereocenters. The molecule has 0 radical (unpaired) electrons. The molecule has 0 aromatic heterocycles. The molecule has 2 bridgehead atoms. The Balaban J connectivity index is 1.50. The van der Waals surface area contributed by atoms with Gasteiger partial charge in [0.2, 0.25) is 5.91 Å². The summed E-state index contributed by atoms with van der Waals surface area (Å²) in [6, 6.07) is 10.3. The molecule has 3 rings (SSSR count). The lowest BCUT2D eigenvalue weighted by Gasteiger charge is -2.28. The number of carbonyl (C=O) groups is 1. The van der Waals surface area contributed by atoms with Crippen LogP contribution >= 0.6 is 0 Å². The highest BCUT2D eigenvalue weighted by molar-refractivity contribution is 5.76. The predicted molar refractivity (Wildman–Crippen MR) is 102 cm³/mol. The molecule has 2 aliphatic heterocycles. The summed E-state index contributed by atoms with van der Waals surface area (Å²) in [5.74, 6) is 0.763. The van der Waals surface area contributed by atoms with Gasteiger partial charge in [0.1, 0.15) is 0 Å². The maximum atomic E-state index is 12.4. The van der Waals surface area contributed by atoms with Crippen molar-refractivity contribution in [3.8, 4) is 0 Å². The van der Waals surface area contributed by atoms with Crippen LogP contribution in [0.25, 0.3) is 0 Å². The van der Waals surface area contributed by atoms with Crippen molar-refractivity contribution >= 4 is 5.91 Å². The predicted octanol–water partition coefficient (Wildman–Crippen LogP) is 3.06. The number of nitrogens with one attached hydrogen (secondary N) is 2. The second-order valence-electron chi connectivity index (χ2n) is 8.23. The van der Waals surface area contributed by atoms with Gasteiger partial charge in [0, 0.05) is 37.6 Å². The summed E-state index contributed by atoms with van der Waals surface area (Å²) in [7, 11) is 2.14. The zero-order chi connectivity index (χ0) is 17.8. The van der Waals surface area contributed by atoms with Crippen molar-refractivity contribution in [2.24, 2.45) is 5.92 Å². The molecule has 25 heavy (non-hydrogen) atoms. The molecule has 0 spiro atoms. The van der Waals surface area contributed by atoms with Crippen molar-refractivity contribution < 1.29 is 4.79 Å². The van der Waals surface area contributed by atoms with Crippen molar-refractivity contribution in [2.75, 3.05) is 7.05 Å². The van der Waals surface area contributed by atoms with Crippen LogP contribution in [0.5, 0.6) is 0 Å². The van der Waals surface area contributed by atoms with Crippen LogP contribution in [-0.2, 0) is 17.9 Å². The third-order valence-electron chi connectivity index (χ3n) is 5.94. The monoisotopic (exact) mass is 343 g/mol. The van der Waals surface area contributed by atoms with E-state index in [1.807, 2.05) is 0 Å². The van der Waals surface area contributed by atoms with Crippen LogP contribution in [0.1, 0.15) is 57.1 Å². The van der Waals surface area contributed by atoms with Gasteiger partial charge in [0.25, 0.3) is 0 Å². The third-order valence-corrected chi connectivity index (χ3v) is 5.94. The summed E-state index contributed by atoms with van der Waals surface area (Å²) < 4.78 is 0. The Hall–Kier alpha value is -1.39. The zero-order valence-electron chi connectivity index (χ0n) is 15.9. The lowest BCUT2D eigenvalue weighted by Crippen LogP contribution is -2.39. The highest BCUT2D eigenvalue weighted by Gasteiger charge is 2.34. The lowest BCUT2D eigenvalue weighted by molar-refractivity contribution is -0.122. The second kappa shape index (κ2) is 8.33. The number of carbonyl (C=O) groups excluding carboxylic acids is 1. The molecular weight excluding hydrogens is 310 g/mol. The molecule has 138 valence electrons. The Morgan fingerprint density at radius 3 is 2.48 bits per heavy atom. The topological polar surface area (TPSA) is 44.4 Å². The first-order chi connectivity index (χ1) is 12.0. The molecule has 0 aliphatic carbocycles. The number of hydrogen-bond acceptors (Lipinski definition) is 3. The molecule has 4 heteroatoms. The molecule has 2 fully saturated rings. The van der Waals surface area contributed by atoms with Gasteiger partial charge in [-0.05, 0) is 63.6 Å². The number of nitrogens with zero attached hydrogens (tertiary/aromatic N) is 1. The largest absolute Gasteiger partial charge is 0.352 e. The van der Waals surface area contributed by atoms with Gasteiger partial charge < -0.3 is 10.6 Å². The SMILES string of the molecule is CC(C)N(C)Cc1ccccc1CNC(=O)CC1CC2CCC(C1)N2. The van der Waals surface area contributed by atoms with E-state index in [0.717, 1.165) is 6.54 Å². The van der Waals surface area contributed by atoms with E-state index in [2.05, 4.69) is 60.7 Å². The molecule has 1 aromatic carbocycles. The van der Waals surface area contributed by atoms with Gasteiger partial charge in [-0.3, -0.25) is 9.69 Å². The number of hydrogen-bond donors (Lipinski definition) is 2. The normalized spacial score (nSPS) is 25.6. The molecule has 1 amide bonds. The highest BCUT2D eigenvalue weighted by atomic mass is 16.1. The maximum Gasteiger partial charge on any atom is 0.220 e. The lowest BCUT2D eigenvalue weighted by atomic mass is 9.89. The van der Waals surface area contributed by atoms with E-state index in [1.54, 1.807) is 0 Å². The number of amides is 1. The zero-order valence-corrected chi connectivity index (χ0v) is 15.9. The standard InChI is InChI=1S/C21H33N3O/c1-15(2)24(3)14-18-7-5-4-6-17(18)13-22-21(25)12-16-10-19-8-9-20(11-16)23-19/h4-7,15-16,19-20,23H,8-14H2,1-3H3,(H,22,25). The van der Waals surface area contributed by atoms with E-state index < -0.39 is 0 Å². The van der Waals surface area contributed by atoms with Crippen molar-refractivity contribution in [2.45, 2.75) is 77.2 Å². The van der Waals surface area contributed by atoms with Crippen LogP contribution in [0.3, 0.4) is 0 Å². The van der Waals surface area contributed by atoms with E-state index >= 15 is 0 Å². The summed E-state index contributed by atoms with van der Waals surface area (Å²) in [6.07, 6.45) is 5.60. The summed E-state index contributed by atoms with van der Waals surface area (Å²) in [5.41, 5.74) is 2.53. The first kappa shape index (κ1) is 18.4. The summed E-state index contributed by atoms with van der Waals surface area (Å²) in [6.45, 7) is 5.97. The van der Waals surface area contributed by atoms with Gasteiger partial charge in [0.15, 0.2) is 0 Å². The second-order valence-corrected chi connectivity index (χ2v) is 8.23. The Labute approximate surface area is 152 Å². The first-order valence-electron chi connectivity index (χ1n) is 9.81. The average molecular weight is 344 g/mol. The fraction of sp³-hybridized carbons (Fsp3) is 0.667. The number of piperidine rings is 1. The van der Waals surface area contributed by atoms with E-state index in [9.17, 15) is 4.79 Å².